The minimum Gasteiger partial charge on any atom is -0.496 e. The quantitative estimate of drug-likeness (QED) is 0.478. The number of H-pyrrole nitrogens is 2. The number of benzene rings is 1. The molecule has 0 saturated heterocycles. The Morgan fingerprint density at radius 1 is 1.04 bits per heavy atom. The average Bonchev–Trinajstić information content (AvgIpc) is 3.37. The molecule has 7 heteroatoms. The minimum absolute atomic E-state index is 0.765. The molecule has 5 rings (SSSR count). The van der Waals surface area contributed by atoms with Crippen LogP contribution in [0.1, 0.15) is 17.1 Å². The molecular formula is C21H19N5O2. The van der Waals surface area contributed by atoms with Crippen LogP contribution in [0, 0.1) is 20.8 Å². The van der Waals surface area contributed by atoms with Gasteiger partial charge in [-0.2, -0.15) is 5.10 Å². The van der Waals surface area contributed by atoms with Gasteiger partial charge < -0.3 is 14.2 Å². The molecule has 0 fully saturated rings. The Labute approximate surface area is 160 Å². The molecule has 0 saturated carbocycles. The second-order valence-electron chi connectivity index (χ2n) is 6.89. The molecule has 7 nitrogen and oxygen atoms in total. The summed E-state index contributed by atoms with van der Waals surface area (Å²) in [4.78, 5) is 8.16. The number of aromatic amines is 2. The van der Waals surface area contributed by atoms with E-state index in [1.54, 1.807) is 7.11 Å². The Morgan fingerprint density at radius 3 is 2.57 bits per heavy atom. The highest BCUT2D eigenvalue weighted by molar-refractivity contribution is 6.14. The number of aryl methyl sites for hydroxylation is 3. The van der Waals surface area contributed by atoms with E-state index in [2.05, 4.69) is 37.5 Å². The number of hydrogen-bond acceptors (Lipinski definition) is 5. The highest BCUT2D eigenvalue weighted by Gasteiger charge is 2.20. The fourth-order valence-corrected chi connectivity index (χ4v) is 3.91. The molecule has 4 heterocycles. The number of pyridine rings is 1. The number of fused-ring (bicyclic) bond motifs is 3. The number of nitrogens with one attached hydrogen (secondary N) is 2. The van der Waals surface area contributed by atoms with Gasteiger partial charge in [0.2, 0.25) is 0 Å². The van der Waals surface area contributed by atoms with Crippen molar-refractivity contribution in [2.45, 2.75) is 20.8 Å². The first-order valence-electron chi connectivity index (χ1n) is 9.01. The van der Waals surface area contributed by atoms with Gasteiger partial charge in [0.05, 0.1) is 35.3 Å². The largest absolute Gasteiger partial charge is 0.496 e. The predicted octanol–water partition coefficient (Wildman–Crippen LogP) is 4.70. The van der Waals surface area contributed by atoms with E-state index < -0.39 is 0 Å². The highest BCUT2D eigenvalue weighted by Crippen LogP contribution is 2.41. The summed E-state index contributed by atoms with van der Waals surface area (Å²) in [6.45, 7) is 5.82. The van der Waals surface area contributed by atoms with Crippen molar-refractivity contribution in [3.63, 3.8) is 0 Å². The summed E-state index contributed by atoms with van der Waals surface area (Å²) < 4.78 is 11.1. The molecule has 0 aliphatic rings. The number of methoxy groups -OCH3 is 1. The van der Waals surface area contributed by atoms with Crippen LogP contribution in [0.2, 0.25) is 0 Å². The zero-order valence-electron chi connectivity index (χ0n) is 16.0. The lowest BCUT2D eigenvalue weighted by molar-refractivity contribution is 0.393. The van der Waals surface area contributed by atoms with Crippen LogP contribution in [0.3, 0.4) is 0 Å². The molecule has 0 atom stereocenters. The first kappa shape index (κ1) is 16.6. The van der Waals surface area contributed by atoms with Crippen LogP contribution in [0.25, 0.3) is 44.2 Å². The molecular weight excluding hydrogens is 354 g/mol. The normalized spacial score (nSPS) is 11.6. The van der Waals surface area contributed by atoms with Gasteiger partial charge >= 0.3 is 0 Å². The van der Waals surface area contributed by atoms with E-state index in [1.165, 1.54) is 0 Å². The third kappa shape index (κ3) is 2.26. The van der Waals surface area contributed by atoms with E-state index in [1.807, 2.05) is 39.2 Å². The second-order valence-corrected chi connectivity index (χ2v) is 6.89. The van der Waals surface area contributed by atoms with Crippen LogP contribution < -0.4 is 4.74 Å². The lowest BCUT2D eigenvalue weighted by Gasteiger charge is -2.09. The topological polar surface area (TPSA) is 92.6 Å². The number of rotatable bonds is 3. The summed E-state index contributed by atoms with van der Waals surface area (Å²) in [5.41, 5.74) is 7.55. The Morgan fingerprint density at radius 2 is 1.89 bits per heavy atom. The van der Waals surface area contributed by atoms with E-state index in [0.717, 1.165) is 67.1 Å². The van der Waals surface area contributed by atoms with Gasteiger partial charge in [0.1, 0.15) is 11.5 Å². The predicted molar refractivity (Wildman–Crippen MR) is 107 cm³/mol. The molecule has 0 unspecified atom stereocenters. The van der Waals surface area contributed by atoms with Gasteiger partial charge in [-0.25, -0.2) is 0 Å². The Bertz CT molecular complexity index is 1320. The van der Waals surface area contributed by atoms with Crippen LogP contribution in [-0.4, -0.2) is 32.4 Å². The van der Waals surface area contributed by atoms with Crippen LogP contribution in [-0.2, 0) is 0 Å². The minimum atomic E-state index is 0.765. The average molecular weight is 373 g/mol. The molecule has 28 heavy (non-hydrogen) atoms. The van der Waals surface area contributed by atoms with Crippen LogP contribution in [0.4, 0.5) is 0 Å². The lowest BCUT2D eigenvalue weighted by Crippen LogP contribution is -1.90. The third-order valence-corrected chi connectivity index (χ3v) is 5.22. The van der Waals surface area contributed by atoms with Crippen molar-refractivity contribution < 1.29 is 9.26 Å². The van der Waals surface area contributed by atoms with Crippen molar-refractivity contribution in [2.75, 3.05) is 7.11 Å². The summed E-state index contributed by atoms with van der Waals surface area (Å²) in [6.07, 6.45) is 3.69. The fourth-order valence-electron chi connectivity index (χ4n) is 3.91. The van der Waals surface area contributed by atoms with Crippen LogP contribution in [0.5, 0.6) is 5.75 Å². The van der Waals surface area contributed by atoms with Gasteiger partial charge in [-0.05, 0) is 39.0 Å². The van der Waals surface area contributed by atoms with Gasteiger partial charge in [0, 0.05) is 39.8 Å². The van der Waals surface area contributed by atoms with Crippen molar-refractivity contribution in [1.82, 2.24) is 25.3 Å². The number of aromatic nitrogens is 5. The second kappa shape index (κ2) is 5.95. The van der Waals surface area contributed by atoms with Crippen molar-refractivity contribution in [2.24, 2.45) is 0 Å². The van der Waals surface area contributed by atoms with E-state index in [4.69, 9.17) is 9.26 Å². The SMILES string of the molecule is COc1cc2c(cc1-c1c(C)noc1C)[nH]c1ccnc(-c3c[nH]nc3C)c12. The summed E-state index contributed by atoms with van der Waals surface area (Å²) in [7, 11) is 1.68. The molecule has 2 N–H and O–H groups in total. The standard InChI is InChI=1S/C21H19N5O2/c1-10-15(9-23-25-10)21-20-13-8-18(27-4)14(19-11(2)26-28-12(19)3)7-17(13)24-16(20)5-6-22-21/h5-9,24H,1-4H3,(H,23,25). The van der Waals surface area contributed by atoms with Crippen molar-refractivity contribution >= 4 is 21.8 Å². The summed E-state index contributed by atoms with van der Waals surface area (Å²) in [5.74, 6) is 1.53. The van der Waals surface area contributed by atoms with Gasteiger partial charge in [-0.3, -0.25) is 10.1 Å². The summed E-state index contributed by atoms with van der Waals surface area (Å²) in [5, 5.41) is 13.4. The smallest absolute Gasteiger partial charge is 0.141 e. The molecule has 0 aliphatic carbocycles. The Hall–Kier alpha value is -3.61. The number of nitrogens with zero attached hydrogens (tertiary/aromatic N) is 3. The van der Waals surface area contributed by atoms with E-state index in [-0.39, 0.29) is 0 Å². The van der Waals surface area contributed by atoms with E-state index >= 15 is 0 Å². The molecule has 0 spiro atoms. The fraction of sp³-hybridized carbons (Fsp3) is 0.190. The van der Waals surface area contributed by atoms with Crippen molar-refractivity contribution in [1.29, 1.82) is 0 Å². The summed E-state index contributed by atoms with van der Waals surface area (Å²) in [6, 6.07) is 6.12. The first-order chi connectivity index (χ1) is 13.6. The van der Waals surface area contributed by atoms with Gasteiger partial charge in [0.15, 0.2) is 0 Å². The maximum atomic E-state index is 5.74. The lowest BCUT2D eigenvalue weighted by atomic mass is 9.99. The van der Waals surface area contributed by atoms with E-state index in [0.29, 0.717) is 0 Å². The molecule has 5 aromatic rings. The summed E-state index contributed by atoms with van der Waals surface area (Å²) >= 11 is 0. The van der Waals surface area contributed by atoms with Gasteiger partial charge in [0.25, 0.3) is 0 Å². The zero-order chi connectivity index (χ0) is 19.4. The van der Waals surface area contributed by atoms with Gasteiger partial charge in [-0.1, -0.05) is 5.16 Å². The van der Waals surface area contributed by atoms with Gasteiger partial charge in [-0.15, -0.1) is 0 Å². The molecule has 0 amide bonds. The number of hydrogen-bond donors (Lipinski definition) is 2. The molecule has 0 aliphatic heterocycles. The molecule has 4 aromatic heterocycles. The van der Waals surface area contributed by atoms with Crippen LogP contribution in [0.15, 0.2) is 35.1 Å². The third-order valence-electron chi connectivity index (χ3n) is 5.22. The zero-order valence-corrected chi connectivity index (χ0v) is 16.0. The van der Waals surface area contributed by atoms with Crippen molar-refractivity contribution in [3.8, 4) is 28.1 Å². The van der Waals surface area contributed by atoms with Crippen LogP contribution >= 0.6 is 0 Å². The first-order valence-corrected chi connectivity index (χ1v) is 9.01. The number of ether oxygens (including phenoxy) is 1. The monoisotopic (exact) mass is 373 g/mol. The van der Waals surface area contributed by atoms with Crippen molar-refractivity contribution in [3.05, 3.63) is 47.7 Å². The van der Waals surface area contributed by atoms with E-state index in [9.17, 15) is 0 Å². The molecule has 1 aromatic carbocycles. The highest BCUT2D eigenvalue weighted by atomic mass is 16.5. The molecule has 0 bridgehead atoms. The Balaban J connectivity index is 1.86. The maximum absolute atomic E-state index is 5.74. The molecule has 140 valence electrons. The molecule has 0 radical (unpaired) electrons. The maximum Gasteiger partial charge on any atom is 0.141 e. The Kier molecular flexibility index (Phi) is 3.52.